The third-order valence-electron chi connectivity index (χ3n) is 3.49. The standard InChI is InChI=1S/C20H12Cl2O5/c21-14-5-1-12(2-6-14)19(24)26-17-10-9-16(23)11-18(17)27-20(25)13-3-7-15(22)8-4-13/h1-11,23H. The molecule has 0 aliphatic carbocycles. The van der Waals surface area contributed by atoms with Gasteiger partial charge in [0.15, 0.2) is 11.5 Å². The zero-order valence-corrected chi connectivity index (χ0v) is 15.2. The second kappa shape index (κ2) is 8.12. The average molecular weight is 403 g/mol. The Kier molecular flexibility index (Phi) is 5.64. The normalized spacial score (nSPS) is 10.3. The van der Waals surface area contributed by atoms with Crippen molar-refractivity contribution < 1.29 is 24.2 Å². The van der Waals surface area contributed by atoms with E-state index in [1.807, 2.05) is 0 Å². The van der Waals surface area contributed by atoms with Crippen LogP contribution in [0.4, 0.5) is 0 Å². The Labute approximate surface area is 164 Å². The highest BCUT2D eigenvalue weighted by Gasteiger charge is 2.17. The van der Waals surface area contributed by atoms with Crippen molar-refractivity contribution in [1.82, 2.24) is 0 Å². The summed E-state index contributed by atoms with van der Waals surface area (Å²) in [6.07, 6.45) is 0. The molecule has 3 aromatic carbocycles. The molecule has 0 aliphatic rings. The second-order valence-corrected chi connectivity index (χ2v) is 6.30. The van der Waals surface area contributed by atoms with Crippen LogP contribution in [-0.2, 0) is 0 Å². The van der Waals surface area contributed by atoms with Crippen LogP contribution in [-0.4, -0.2) is 17.0 Å². The van der Waals surface area contributed by atoms with Gasteiger partial charge < -0.3 is 14.6 Å². The number of esters is 2. The number of hydrogen-bond acceptors (Lipinski definition) is 5. The largest absolute Gasteiger partial charge is 0.508 e. The van der Waals surface area contributed by atoms with Crippen LogP contribution in [0, 0.1) is 0 Å². The molecule has 0 saturated carbocycles. The van der Waals surface area contributed by atoms with Crippen molar-refractivity contribution in [1.29, 1.82) is 0 Å². The molecule has 0 heterocycles. The lowest BCUT2D eigenvalue weighted by molar-refractivity contribution is 0.0682. The Morgan fingerprint density at radius 2 is 1.11 bits per heavy atom. The van der Waals surface area contributed by atoms with Gasteiger partial charge >= 0.3 is 11.9 Å². The van der Waals surface area contributed by atoms with Crippen molar-refractivity contribution in [3.8, 4) is 17.2 Å². The molecule has 0 fully saturated rings. The average Bonchev–Trinajstić information content (AvgIpc) is 2.65. The fourth-order valence-electron chi connectivity index (χ4n) is 2.15. The highest BCUT2D eigenvalue weighted by molar-refractivity contribution is 6.31. The highest BCUT2D eigenvalue weighted by atomic mass is 35.5. The smallest absolute Gasteiger partial charge is 0.343 e. The van der Waals surface area contributed by atoms with Gasteiger partial charge in [-0.1, -0.05) is 23.2 Å². The van der Waals surface area contributed by atoms with Gasteiger partial charge in [-0.05, 0) is 60.7 Å². The number of benzene rings is 3. The molecule has 0 atom stereocenters. The zero-order valence-electron chi connectivity index (χ0n) is 13.7. The lowest BCUT2D eigenvalue weighted by atomic mass is 10.2. The van der Waals surface area contributed by atoms with Crippen LogP contribution in [0.2, 0.25) is 10.0 Å². The molecule has 0 unspecified atom stereocenters. The molecule has 0 bridgehead atoms. The number of phenolic OH excluding ortho intramolecular Hbond substituents is 1. The molecule has 0 amide bonds. The Hall–Kier alpha value is -3.02. The predicted molar refractivity (Wildman–Crippen MR) is 101 cm³/mol. The molecule has 5 nitrogen and oxygen atoms in total. The monoisotopic (exact) mass is 402 g/mol. The van der Waals surface area contributed by atoms with Crippen molar-refractivity contribution >= 4 is 35.1 Å². The van der Waals surface area contributed by atoms with Crippen LogP contribution in [0.15, 0.2) is 66.7 Å². The number of carbonyl (C=O) groups excluding carboxylic acids is 2. The molecule has 0 saturated heterocycles. The minimum Gasteiger partial charge on any atom is -0.508 e. The summed E-state index contributed by atoms with van der Waals surface area (Å²) in [6.45, 7) is 0. The molecular formula is C20H12Cl2O5. The molecule has 7 heteroatoms. The summed E-state index contributed by atoms with van der Waals surface area (Å²) in [5.74, 6) is -1.63. The SMILES string of the molecule is O=C(Oc1ccc(O)cc1OC(=O)c1ccc(Cl)cc1)c1ccc(Cl)cc1. The summed E-state index contributed by atoms with van der Waals surface area (Å²) in [7, 11) is 0. The summed E-state index contributed by atoms with van der Waals surface area (Å²) < 4.78 is 10.6. The van der Waals surface area contributed by atoms with Gasteiger partial charge in [-0.2, -0.15) is 0 Å². The lowest BCUT2D eigenvalue weighted by Crippen LogP contribution is -2.12. The van der Waals surface area contributed by atoms with Gasteiger partial charge in [0.2, 0.25) is 0 Å². The van der Waals surface area contributed by atoms with Gasteiger partial charge in [0.1, 0.15) is 5.75 Å². The number of ether oxygens (including phenoxy) is 2. The highest BCUT2D eigenvalue weighted by Crippen LogP contribution is 2.32. The summed E-state index contributed by atoms with van der Waals surface area (Å²) in [5.41, 5.74) is 0.514. The maximum atomic E-state index is 12.3. The summed E-state index contributed by atoms with van der Waals surface area (Å²) >= 11 is 11.6. The number of rotatable bonds is 4. The second-order valence-electron chi connectivity index (χ2n) is 5.42. The number of hydrogen-bond donors (Lipinski definition) is 1. The Bertz CT molecular complexity index is 982. The van der Waals surface area contributed by atoms with Crippen LogP contribution in [0.25, 0.3) is 0 Å². The van der Waals surface area contributed by atoms with Crippen molar-refractivity contribution in [3.05, 3.63) is 87.9 Å². The molecule has 3 rings (SSSR count). The van der Waals surface area contributed by atoms with Crippen LogP contribution in [0.5, 0.6) is 17.2 Å². The molecule has 136 valence electrons. The molecular weight excluding hydrogens is 391 g/mol. The van der Waals surface area contributed by atoms with Gasteiger partial charge in [0.25, 0.3) is 0 Å². The molecule has 0 spiro atoms. The summed E-state index contributed by atoms with van der Waals surface area (Å²) in [6, 6.07) is 16.0. The summed E-state index contributed by atoms with van der Waals surface area (Å²) in [4.78, 5) is 24.6. The van der Waals surface area contributed by atoms with Crippen molar-refractivity contribution in [3.63, 3.8) is 0 Å². The third-order valence-corrected chi connectivity index (χ3v) is 4.00. The van der Waals surface area contributed by atoms with E-state index in [-0.39, 0.29) is 28.4 Å². The fraction of sp³-hybridized carbons (Fsp3) is 0. The topological polar surface area (TPSA) is 72.8 Å². The Balaban J connectivity index is 1.82. The Morgan fingerprint density at radius 1 is 0.667 bits per heavy atom. The first-order valence-corrected chi connectivity index (χ1v) is 8.46. The maximum Gasteiger partial charge on any atom is 0.343 e. The molecule has 1 N–H and O–H groups in total. The molecule has 0 aromatic heterocycles. The first kappa shape index (κ1) is 18.8. The van der Waals surface area contributed by atoms with Gasteiger partial charge in [-0.25, -0.2) is 9.59 Å². The van der Waals surface area contributed by atoms with Gasteiger partial charge in [0.05, 0.1) is 11.1 Å². The first-order chi connectivity index (χ1) is 12.9. The lowest BCUT2D eigenvalue weighted by Gasteiger charge is -2.11. The molecule has 0 aliphatic heterocycles. The van der Waals surface area contributed by atoms with E-state index in [9.17, 15) is 14.7 Å². The zero-order chi connectivity index (χ0) is 19.4. The minimum absolute atomic E-state index is 0.0185. The maximum absolute atomic E-state index is 12.3. The van der Waals surface area contributed by atoms with Crippen molar-refractivity contribution in [2.75, 3.05) is 0 Å². The van der Waals surface area contributed by atoms with E-state index in [1.165, 1.54) is 42.5 Å². The van der Waals surface area contributed by atoms with Crippen LogP contribution >= 0.6 is 23.2 Å². The van der Waals surface area contributed by atoms with Crippen molar-refractivity contribution in [2.45, 2.75) is 0 Å². The molecule has 0 radical (unpaired) electrons. The Morgan fingerprint density at radius 3 is 1.59 bits per heavy atom. The fourth-order valence-corrected chi connectivity index (χ4v) is 2.40. The first-order valence-electron chi connectivity index (χ1n) is 7.71. The predicted octanol–water partition coefficient (Wildman–Crippen LogP) is 5.14. The van der Waals surface area contributed by atoms with E-state index >= 15 is 0 Å². The van der Waals surface area contributed by atoms with E-state index in [1.54, 1.807) is 24.3 Å². The van der Waals surface area contributed by atoms with Crippen LogP contribution < -0.4 is 9.47 Å². The van der Waals surface area contributed by atoms with Gasteiger partial charge in [-0.3, -0.25) is 0 Å². The van der Waals surface area contributed by atoms with Gasteiger partial charge in [-0.15, -0.1) is 0 Å². The summed E-state index contributed by atoms with van der Waals surface area (Å²) in [5, 5.41) is 10.6. The number of halogens is 2. The number of phenols is 1. The van der Waals surface area contributed by atoms with Crippen LogP contribution in [0.3, 0.4) is 0 Å². The van der Waals surface area contributed by atoms with E-state index < -0.39 is 11.9 Å². The van der Waals surface area contributed by atoms with E-state index in [4.69, 9.17) is 32.7 Å². The molecule has 27 heavy (non-hydrogen) atoms. The third kappa shape index (κ3) is 4.78. The van der Waals surface area contributed by atoms with Gasteiger partial charge in [0, 0.05) is 16.1 Å². The quantitative estimate of drug-likeness (QED) is 0.483. The van der Waals surface area contributed by atoms with E-state index in [0.29, 0.717) is 10.0 Å². The van der Waals surface area contributed by atoms with Crippen molar-refractivity contribution in [2.24, 2.45) is 0 Å². The van der Waals surface area contributed by atoms with E-state index in [2.05, 4.69) is 0 Å². The van der Waals surface area contributed by atoms with Crippen LogP contribution in [0.1, 0.15) is 20.7 Å². The molecule has 3 aromatic rings. The van der Waals surface area contributed by atoms with E-state index in [0.717, 1.165) is 0 Å². The number of carbonyl (C=O) groups is 2. The number of aromatic hydroxyl groups is 1. The minimum atomic E-state index is -0.693.